The van der Waals surface area contributed by atoms with Gasteiger partial charge >= 0.3 is 0 Å². The number of unbranched alkanes of at least 4 members (excludes halogenated alkanes) is 1. The third kappa shape index (κ3) is 5.82. The zero-order valence-corrected chi connectivity index (χ0v) is 16.6. The van der Waals surface area contributed by atoms with Crippen molar-refractivity contribution in [2.75, 3.05) is 13.2 Å². The lowest BCUT2D eigenvalue weighted by Gasteiger charge is -2.13. The number of carbonyl (C=O) groups excluding carboxylic acids is 2. The van der Waals surface area contributed by atoms with Crippen molar-refractivity contribution in [3.63, 3.8) is 0 Å². The van der Waals surface area contributed by atoms with Gasteiger partial charge in [-0.05, 0) is 34.9 Å². The summed E-state index contributed by atoms with van der Waals surface area (Å²) < 4.78 is 5.74. The van der Waals surface area contributed by atoms with Crippen LogP contribution in [0.5, 0.6) is 5.75 Å². The van der Waals surface area contributed by atoms with E-state index in [0.717, 1.165) is 29.2 Å². The average molecular weight is 390 g/mol. The van der Waals surface area contributed by atoms with Gasteiger partial charge in [0.1, 0.15) is 5.75 Å². The number of hydrogen-bond donors (Lipinski definition) is 2. The summed E-state index contributed by atoms with van der Waals surface area (Å²) in [6.45, 7) is 2.99. The average Bonchev–Trinajstić information content (AvgIpc) is 2.76. The molecule has 2 N–H and O–H groups in total. The van der Waals surface area contributed by atoms with E-state index in [1.165, 1.54) is 0 Å². The van der Waals surface area contributed by atoms with Crippen LogP contribution in [0.3, 0.4) is 0 Å². The summed E-state index contributed by atoms with van der Waals surface area (Å²) in [6.07, 6.45) is 1.94. The van der Waals surface area contributed by atoms with Crippen molar-refractivity contribution in [1.82, 2.24) is 10.6 Å². The van der Waals surface area contributed by atoms with Crippen LogP contribution in [-0.4, -0.2) is 25.0 Å². The molecule has 3 aromatic carbocycles. The van der Waals surface area contributed by atoms with Crippen LogP contribution >= 0.6 is 0 Å². The van der Waals surface area contributed by atoms with Gasteiger partial charge in [0.2, 0.25) is 0 Å². The molecule has 150 valence electrons. The summed E-state index contributed by atoms with van der Waals surface area (Å²) in [7, 11) is 0. The van der Waals surface area contributed by atoms with Gasteiger partial charge in [-0.3, -0.25) is 9.59 Å². The first-order valence-corrected chi connectivity index (χ1v) is 9.92. The van der Waals surface area contributed by atoms with E-state index in [4.69, 9.17) is 4.74 Å². The standard InChI is InChI=1S/C24H26N2O3/c1-2-3-13-25-23(27)17-29-22-15-20-12-8-7-11-19(20)14-21(22)24(28)26-16-18-9-5-4-6-10-18/h4-12,14-15H,2-3,13,16-17H2,1H3,(H,25,27)(H,26,28). The van der Waals surface area contributed by atoms with Crippen LogP contribution in [0.2, 0.25) is 0 Å². The summed E-state index contributed by atoms with van der Waals surface area (Å²) in [5.41, 5.74) is 1.43. The first kappa shape index (κ1) is 20.4. The smallest absolute Gasteiger partial charge is 0.257 e. The predicted molar refractivity (Wildman–Crippen MR) is 115 cm³/mol. The van der Waals surface area contributed by atoms with Gasteiger partial charge in [0, 0.05) is 13.1 Å². The van der Waals surface area contributed by atoms with Gasteiger partial charge in [-0.15, -0.1) is 0 Å². The highest BCUT2D eigenvalue weighted by Gasteiger charge is 2.15. The molecule has 0 spiro atoms. The van der Waals surface area contributed by atoms with E-state index >= 15 is 0 Å². The van der Waals surface area contributed by atoms with Crippen LogP contribution in [0.4, 0.5) is 0 Å². The van der Waals surface area contributed by atoms with Gasteiger partial charge in [0.25, 0.3) is 11.8 Å². The molecule has 3 aromatic rings. The molecule has 5 nitrogen and oxygen atoms in total. The minimum absolute atomic E-state index is 0.124. The maximum Gasteiger partial charge on any atom is 0.257 e. The molecule has 0 radical (unpaired) electrons. The Balaban J connectivity index is 1.75. The van der Waals surface area contributed by atoms with Crippen molar-refractivity contribution in [3.8, 4) is 5.75 Å². The Morgan fingerprint density at radius 2 is 1.59 bits per heavy atom. The van der Waals surface area contributed by atoms with Crippen LogP contribution < -0.4 is 15.4 Å². The fourth-order valence-electron chi connectivity index (χ4n) is 2.99. The number of ether oxygens (including phenoxy) is 1. The monoisotopic (exact) mass is 390 g/mol. The fourth-order valence-corrected chi connectivity index (χ4v) is 2.99. The third-order valence-electron chi connectivity index (χ3n) is 4.60. The lowest BCUT2D eigenvalue weighted by molar-refractivity contribution is -0.123. The maximum atomic E-state index is 12.8. The van der Waals surface area contributed by atoms with Crippen LogP contribution in [0.25, 0.3) is 10.8 Å². The Morgan fingerprint density at radius 1 is 0.897 bits per heavy atom. The van der Waals surface area contributed by atoms with E-state index in [1.54, 1.807) is 6.07 Å². The highest BCUT2D eigenvalue weighted by atomic mass is 16.5. The Labute approximate surface area is 171 Å². The molecule has 0 saturated heterocycles. The quantitative estimate of drug-likeness (QED) is 0.541. The highest BCUT2D eigenvalue weighted by Crippen LogP contribution is 2.26. The molecule has 0 atom stereocenters. The Kier molecular flexibility index (Phi) is 7.22. The summed E-state index contributed by atoms with van der Waals surface area (Å²) in [5.74, 6) is -0.0249. The third-order valence-corrected chi connectivity index (χ3v) is 4.60. The predicted octanol–water partition coefficient (Wildman–Crippen LogP) is 4.06. The Morgan fingerprint density at radius 3 is 2.31 bits per heavy atom. The lowest BCUT2D eigenvalue weighted by Crippen LogP contribution is -2.30. The minimum Gasteiger partial charge on any atom is -0.483 e. The molecule has 0 aliphatic carbocycles. The van der Waals surface area contributed by atoms with E-state index in [1.807, 2.05) is 60.7 Å². The van der Waals surface area contributed by atoms with Crippen LogP contribution in [-0.2, 0) is 11.3 Å². The highest BCUT2D eigenvalue weighted by molar-refractivity contribution is 6.01. The summed E-state index contributed by atoms with van der Waals surface area (Å²) in [6, 6.07) is 21.1. The van der Waals surface area contributed by atoms with Crippen LogP contribution in [0.15, 0.2) is 66.7 Å². The Bertz CT molecular complexity index is 970. The molecule has 0 aromatic heterocycles. The van der Waals surface area contributed by atoms with Crippen molar-refractivity contribution < 1.29 is 14.3 Å². The van der Waals surface area contributed by atoms with E-state index in [0.29, 0.717) is 24.4 Å². The van der Waals surface area contributed by atoms with E-state index in [2.05, 4.69) is 17.6 Å². The summed E-state index contributed by atoms with van der Waals surface area (Å²) in [5, 5.41) is 7.65. The number of rotatable bonds is 9. The molecule has 5 heteroatoms. The number of nitrogens with one attached hydrogen (secondary N) is 2. The first-order valence-electron chi connectivity index (χ1n) is 9.92. The van der Waals surface area contributed by atoms with Crippen molar-refractivity contribution in [2.45, 2.75) is 26.3 Å². The number of hydrogen-bond acceptors (Lipinski definition) is 3. The summed E-state index contributed by atoms with van der Waals surface area (Å²) >= 11 is 0. The van der Waals surface area contributed by atoms with Crippen molar-refractivity contribution >= 4 is 22.6 Å². The molecule has 2 amide bonds. The molecule has 29 heavy (non-hydrogen) atoms. The molecule has 0 aliphatic heterocycles. The van der Waals surface area contributed by atoms with E-state index in [-0.39, 0.29) is 18.4 Å². The summed E-state index contributed by atoms with van der Waals surface area (Å²) in [4.78, 5) is 24.9. The normalized spacial score (nSPS) is 10.5. The first-order chi connectivity index (χ1) is 14.2. The molecule has 0 bridgehead atoms. The molecule has 0 fully saturated rings. The van der Waals surface area contributed by atoms with Gasteiger partial charge in [0.15, 0.2) is 6.61 Å². The van der Waals surface area contributed by atoms with Crippen LogP contribution in [0, 0.1) is 0 Å². The largest absolute Gasteiger partial charge is 0.483 e. The van der Waals surface area contributed by atoms with E-state index < -0.39 is 0 Å². The second-order valence-corrected chi connectivity index (χ2v) is 6.86. The number of fused-ring (bicyclic) bond motifs is 1. The SMILES string of the molecule is CCCCNC(=O)COc1cc2ccccc2cc1C(=O)NCc1ccccc1. The number of benzene rings is 3. The zero-order valence-electron chi connectivity index (χ0n) is 16.6. The lowest BCUT2D eigenvalue weighted by atomic mass is 10.1. The molecule has 0 saturated carbocycles. The number of carbonyl (C=O) groups is 2. The van der Waals surface area contributed by atoms with Crippen LogP contribution in [0.1, 0.15) is 35.7 Å². The maximum absolute atomic E-state index is 12.8. The zero-order chi connectivity index (χ0) is 20.5. The van der Waals surface area contributed by atoms with Gasteiger partial charge in [-0.2, -0.15) is 0 Å². The topological polar surface area (TPSA) is 67.4 Å². The van der Waals surface area contributed by atoms with Gasteiger partial charge in [-0.1, -0.05) is 67.9 Å². The Hall–Kier alpha value is -3.34. The van der Waals surface area contributed by atoms with E-state index in [9.17, 15) is 9.59 Å². The van der Waals surface area contributed by atoms with Crippen molar-refractivity contribution in [2.24, 2.45) is 0 Å². The van der Waals surface area contributed by atoms with Crippen molar-refractivity contribution in [3.05, 3.63) is 77.9 Å². The fraction of sp³-hybridized carbons (Fsp3) is 0.250. The molecule has 0 unspecified atom stereocenters. The molecule has 3 rings (SSSR count). The van der Waals surface area contributed by atoms with Crippen molar-refractivity contribution in [1.29, 1.82) is 0 Å². The van der Waals surface area contributed by atoms with Gasteiger partial charge in [0.05, 0.1) is 5.56 Å². The van der Waals surface area contributed by atoms with Gasteiger partial charge in [-0.25, -0.2) is 0 Å². The second kappa shape index (κ2) is 10.3. The van der Waals surface area contributed by atoms with Gasteiger partial charge < -0.3 is 15.4 Å². The minimum atomic E-state index is -0.235. The molecule has 0 aliphatic rings. The molecular weight excluding hydrogens is 364 g/mol. The second-order valence-electron chi connectivity index (χ2n) is 6.86. The molecule has 0 heterocycles. The number of amides is 2. The molecular formula is C24H26N2O3.